The predicted octanol–water partition coefficient (Wildman–Crippen LogP) is 4.97. The summed E-state index contributed by atoms with van der Waals surface area (Å²) in [4.78, 5) is 32.7. The summed E-state index contributed by atoms with van der Waals surface area (Å²) < 4.78 is 3.11. The lowest BCUT2D eigenvalue weighted by atomic mass is 9.98. The van der Waals surface area contributed by atoms with Crippen molar-refractivity contribution in [3.05, 3.63) is 103 Å². The molecule has 0 spiro atoms. The smallest absolute Gasteiger partial charge is 0.262 e. The van der Waals surface area contributed by atoms with E-state index in [1.165, 1.54) is 4.57 Å². The van der Waals surface area contributed by atoms with E-state index in [1.807, 2.05) is 31.3 Å². The second-order valence-corrected chi connectivity index (χ2v) is 9.18. The summed E-state index contributed by atoms with van der Waals surface area (Å²) in [6.07, 6.45) is 3.89. The Bertz CT molecular complexity index is 1450. The van der Waals surface area contributed by atoms with Gasteiger partial charge >= 0.3 is 0 Å². The highest BCUT2D eigenvalue weighted by Crippen LogP contribution is 2.27. The standard InChI is InChI=1S/C24H18Cl3N5O2/c1-14-11-18-21(13-30(14)22(33)15-3-8-19(25)20(26)12-15)29-24(27)32(23(18)34)17-6-4-16(5-7-17)31-10-2-9-28-31/h2-10,12,14H,11,13H2,1H3/t14-/m1/s1. The molecule has 0 unspecified atom stereocenters. The molecule has 0 fully saturated rings. The molecule has 1 aliphatic heterocycles. The number of halogens is 3. The maximum Gasteiger partial charge on any atom is 0.262 e. The van der Waals surface area contributed by atoms with Gasteiger partial charge in [-0.3, -0.25) is 14.2 Å². The van der Waals surface area contributed by atoms with Crippen LogP contribution in [-0.4, -0.2) is 36.2 Å². The number of aromatic nitrogens is 4. The number of carbonyl (C=O) groups is 1. The van der Waals surface area contributed by atoms with Gasteiger partial charge in [0.2, 0.25) is 5.28 Å². The zero-order valence-electron chi connectivity index (χ0n) is 18.0. The number of nitrogens with zero attached hydrogens (tertiary/aromatic N) is 5. The molecular formula is C24H18Cl3N5O2. The predicted molar refractivity (Wildman–Crippen MR) is 131 cm³/mol. The molecule has 2 aromatic heterocycles. The molecule has 1 aliphatic rings. The van der Waals surface area contributed by atoms with E-state index in [9.17, 15) is 9.59 Å². The zero-order valence-corrected chi connectivity index (χ0v) is 20.2. The van der Waals surface area contributed by atoms with Crippen molar-refractivity contribution < 1.29 is 4.79 Å². The first-order chi connectivity index (χ1) is 16.3. The van der Waals surface area contributed by atoms with Crippen molar-refractivity contribution in [2.24, 2.45) is 0 Å². The molecule has 0 saturated heterocycles. The topological polar surface area (TPSA) is 73.0 Å². The molecule has 0 bridgehead atoms. The van der Waals surface area contributed by atoms with Crippen molar-refractivity contribution in [2.75, 3.05) is 0 Å². The third-order valence-electron chi connectivity index (χ3n) is 5.88. The number of rotatable bonds is 3. The van der Waals surface area contributed by atoms with Crippen LogP contribution in [0.4, 0.5) is 0 Å². The molecule has 34 heavy (non-hydrogen) atoms. The average molecular weight is 515 g/mol. The number of carbonyl (C=O) groups excluding carboxylic acids is 1. The zero-order chi connectivity index (χ0) is 24.0. The third-order valence-corrected chi connectivity index (χ3v) is 6.87. The second-order valence-electron chi connectivity index (χ2n) is 8.03. The van der Waals surface area contributed by atoms with E-state index in [0.717, 1.165) is 5.69 Å². The van der Waals surface area contributed by atoms with Crippen LogP contribution in [0.1, 0.15) is 28.5 Å². The van der Waals surface area contributed by atoms with E-state index >= 15 is 0 Å². The van der Waals surface area contributed by atoms with Gasteiger partial charge in [0.1, 0.15) is 0 Å². The molecular weight excluding hydrogens is 497 g/mol. The Morgan fingerprint density at radius 3 is 2.44 bits per heavy atom. The van der Waals surface area contributed by atoms with Crippen LogP contribution in [0.15, 0.2) is 65.7 Å². The molecule has 7 nitrogen and oxygen atoms in total. The van der Waals surface area contributed by atoms with E-state index in [1.54, 1.807) is 46.1 Å². The molecule has 4 aromatic rings. The van der Waals surface area contributed by atoms with Crippen molar-refractivity contribution in [1.29, 1.82) is 0 Å². The normalized spacial score (nSPS) is 15.3. The monoisotopic (exact) mass is 513 g/mol. The maximum absolute atomic E-state index is 13.4. The Kier molecular flexibility index (Phi) is 5.93. The minimum absolute atomic E-state index is 0.0343. The summed E-state index contributed by atoms with van der Waals surface area (Å²) in [6.45, 7) is 2.07. The van der Waals surface area contributed by atoms with Gasteiger partial charge in [-0.1, -0.05) is 23.2 Å². The lowest BCUT2D eigenvalue weighted by Gasteiger charge is -2.34. The van der Waals surface area contributed by atoms with Gasteiger partial charge in [-0.05, 0) is 73.5 Å². The number of hydrogen-bond donors (Lipinski definition) is 0. The van der Waals surface area contributed by atoms with Gasteiger partial charge in [-0.2, -0.15) is 5.10 Å². The highest BCUT2D eigenvalue weighted by molar-refractivity contribution is 6.42. The molecule has 0 radical (unpaired) electrons. The minimum atomic E-state index is -0.240. The van der Waals surface area contributed by atoms with Crippen LogP contribution in [0.25, 0.3) is 11.4 Å². The second kappa shape index (κ2) is 8.91. The number of amides is 1. The molecule has 1 atom stereocenters. The van der Waals surface area contributed by atoms with Crippen LogP contribution >= 0.6 is 34.8 Å². The SMILES string of the molecule is C[C@@H]1Cc2c(nc(Cl)n(-c3ccc(-n4cccn4)cc3)c2=O)CN1C(=O)c1ccc(Cl)c(Cl)c1. The molecule has 5 rings (SSSR count). The third kappa shape index (κ3) is 4.00. The van der Waals surface area contributed by atoms with Crippen LogP contribution < -0.4 is 5.56 Å². The fourth-order valence-electron chi connectivity index (χ4n) is 4.10. The fraction of sp³-hybridized carbons (Fsp3) is 0.167. The van der Waals surface area contributed by atoms with Gasteiger partial charge in [0, 0.05) is 29.6 Å². The summed E-state index contributed by atoms with van der Waals surface area (Å²) in [5.74, 6) is -0.215. The van der Waals surface area contributed by atoms with Gasteiger partial charge in [0.05, 0.1) is 33.7 Å². The van der Waals surface area contributed by atoms with E-state index in [-0.39, 0.29) is 29.3 Å². The van der Waals surface area contributed by atoms with Gasteiger partial charge in [0.25, 0.3) is 11.5 Å². The maximum atomic E-state index is 13.4. The molecule has 2 aromatic carbocycles. The summed E-state index contributed by atoms with van der Waals surface area (Å²) in [5.41, 5.74) is 2.67. The van der Waals surface area contributed by atoms with Crippen molar-refractivity contribution in [1.82, 2.24) is 24.2 Å². The first-order valence-corrected chi connectivity index (χ1v) is 11.6. The van der Waals surface area contributed by atoms with Gasteiger partial charge in [-0.25, -0.2) is 9.67 Å². The lowest BCUT2D eigenvalue weighted by molar-refractivity contribution is 0.0653. The number of benzene rings is 2. The van der Waals surface area contributed by atoms with Crippen LogP contribution in [0.3, 0.4) is 0 Å². The van der Waals surface area contributed by atoms with Crippen LogP contribution in [0, 0.1) is 0 Å². The Labute approximate surface area is 210 Å². The minimum Gasteiger partial charge on any atom is -0.330 e. The fourth-order valence-corrected chi connectivity index (χ4v) is 4.67. The van der Waals surface area contributed by atoms with Crippen molar-refractivity contribution in [3.63, 3.8) is 0 Å². The average Bonchev–Trinajstić information content (AvgIpc) is 3.36. The summed E-state index contributed by atoms with van der Waals surface area (Å²) in [5, 5.41) is 4.92. The van der Waals surface area contributed by atoms with Gasteiger partial charge in [-0.15, -0.1) is 0 Å². The Morgan fingerprint density at radius 2 is 1.76 bits per heavy atom. The van der Waals surface area contributed by atoms with E-state index in [0.29, 0.717) is 39.0 Å². The van der Waals surface area contributed by atoms with Crippen LogP contribution in [-0.2, 0) is 13.0 Å². The summed E-state index contributed by atoms with van der Waals surface area (Å²) in [7, 11) is 0. The molecule has 172 valence electrons. The van der Waals surface area contributed by atoms with E-state index in [2.05, 4.69) is 10.1 Å². The number of fused-ring (bicyclic) bond motifs is 1. The first kappa shape index (κ1) is 22.7. The molecule has 0 N–H and O–H groups in total. The molecule has 0 saturated carbocycles. The van der Waals surface area contributed by atoms with E-state index in [4.69, 9.17) is 34.8 Å². The van der Waals surface area contributed by atoms with E-state index < -0.39 is 0 Å². The highest BCUT2D eigenvalue weighted by atomic mass is 35.5. The van der Waals surface area contributed by atoms with Crippen LogP contribution in [0.2, 0.25) is 15.3 Å². The first-order valence-electron chi connectivity index (χ1n) is 10.5. The Morgan fingerprint density at radius 1 is 1.03 bits per heavy atom. The molecule has 3 heterocycles. The highest BCUT2D eigenvalue weighted by Gasteiger charge is 2.31. The largest absolute Gasteiger partial charge is 0.330 e. The van der Waals surface area contributed by atoms with Gasteiger partial charge < -0.3 is 4.90 Å². The van der Waals surface area contributed by atoms with Crippen LogP contribution in [0.5, 0.6) is 0 Å². The Hall–Kier alpha value is -3.13. The van der Waals surface area contributed by atoms with Gasteiger partial charge in [0.15, 0.2) is 0 Å². The number of hydrogen-bond acceptors (Lipinski definition) is 4. The Balaban J connectivity index is 1.47. The quantitative estimate of drug-likeness (QED) is 0.362. The summed E-state index contributed by atoms with van der Waals surface area (Å²) in [6, 6.07) is 13.7. The molecule has 1 amide bonds. The lowest BCUT2D eigenvalue weighted by Crippen LogP contribution is -2.45. The molecule has 0 aliphatic carbocycles. The molecule has 10 heteroatoms. The van der Waals surface area contributed by atoms with Crippen molar-refractivity contribution in [3.8, 4) is 11.4 Å². The van der Waals surface area contributed by atoms with Crippen molar-refractivity contribution in [2.45, 2.75) is 25.9 Å². The summed E-state index contributed by atoms with van der Waals surface area (Å²) >= 11 is 18.5. The van der Waals surface area contributed by atoms with Crippen molar-refractivity contribution >= 4 is 40.7 Å².